The van der Waals surface area contributed by atoms with Crippen molar-refractivity contribution in [1.29, 1.82) is 0 Å². The van der Waals surface area contributed by atoms with Gasteiger partial charge in [-0.25, -0.2) is 9.45 Å². The Morgan fingerprint density at radius 1 is 1.00 bits per heavy atom. The van der Waals surface area contributed by atoms with Gasteiger partial charge in [0.15, 0.2) is 6.10 Å². The number of hydrogen-bond donors (Lipinski definition) is 0. The van der Waals surface area contributed by atoms with Crippen LogP contribution in [-0.4, -0.2) is 29.4 Å². The van der Waals surface area contributed by atoms with Crippen molar-refractivity contribution in [2.75, 3.05) is 11.6 Å². The normalized spacial score (nSPS) is 24.8. The van der Waals surface area contributed by atoms with Crippen molar-refractivity contribution < 1.29 is 18.8 Å². The second-order valence-corrected chi connectivity index (χ2v) is 7.39. The zero-order valence-electron chi connectivity index (χ0n) is 15.2. The molecule has 0 bridgehead atoms. The molecule has 27 heavy (non-hydrogen) atoms. The van der Waals surface area contributed by atoms with Crippen LogP contribution in [0.5, 0.6) is 0 Å². The smallest absolute Gasteiger partial charge is 0.262 e. The van der Waals surface area contributed by atoms with Crippen LogP contribution < -0.4 is 5.06 Å². The van der Waals surface area contributed by atoms with Crippen LogP contribution in [0, 0.1) is 17.7 Å². The van der Waals surface area contributed by atoms with Gasteiger partial charge in [0.1, 0.15) is 11.7 Å². The third kappa shape index (κ3) is 3.00. The van der Waals surface area contributed by atoms with Crippen molar-refractivity contribution in [3.63, 3.8) is 0 Å². The number of halogens is 1. The molecule has 2 aromatic carbocycles. The molecule has 3 atom stereocenters. The van der Waals surface area contributed by atoms with Gasteiger partial charge in [-0.1, -0.05) is 44.2 Å². The highest BCUT2D eigenvalue weighted by atomic mass is 19.1. The van der Waals surface area contributed by atoms with Crippen molar-refractivity contribution >= 4 is 17.5 Å². The molecule has 4 rings (SSSR count). The van der Waals surface area contributed by atoms with E-state index in [2.05, 4.69) is 0 Å². The van der Waals surface area contributed by atoms with Gasteiger partial charge in [-0.3, -0.25) is 19.3 Å². The second-order valence-electron chi connectivity index (χ2n) is 7.39. The number of imide groups is 1. The summed E-state index contributed by atoms with van der Waals surface area (Å²) >= 11 is 0. The van der Waals surface area contributed by atoms with E-state index in [9.17, 15) is 14.0 Å². The lowest BCUT2D eigenvalue weighted by atomic mass is 9.90. The Hall–Kier alpha value is -2.73. The summed E-state index contributed by atoms with van der Waals surface area (Å²) in [6.07, 6.45) is -0.855. The first kappa shape index (κ1) is 17.7. The Labute approximate surface area is 157 Å². The summed E-state index contributed by atoms with van der Waals surface area (Å²) in [5.74, 6) is -1.36. The van der Waals surface area contributed by atoms with Crippen LogP contribution in [0.4, 0.5) is 10.1 Å². The van der Waals surface area contributed by atoms with Gasteiger partial charge in [0, 0.05) is 6.54 Å². The summed E-state index contributed by atoms with van der Waals surface area (Å²) in [6.45, 7) is 4.29. The molecule has 6 heteroatoms. The average Bonchev–Trinajstić information content (AvgIpc) is 3.15. The zero-order chi connectivity index (χ0) is 19.1. The van der Waals surface area contributed by atoms with Gasteiger partial charge < -0.3 is 0 Å². The van der Waals surface area contributed by atoms with Gasteiger partial charge in [0.2, 0.25) is 5.91 Å². The van der Waals surface area contributed by atoms with Gasteiger partial charge in [-0.05, 0) is 35.7 Å². The number of benzene rings is 2. The Morgan fingerprint density at radius 2 is 1.67 bits per heavy atom. The highest BCUT2D eigenvalue weighted by molar-refractivity contribution is 6.07. The number of carbonyl (C=O) groups is 2. The number of fused-ring (bicyclic) bond motifs is 1. The molecular weight excluding hydrogens is 347 g/mol. The van der Waals surface area contributed by atoms with Crippen molar-refractivity contribution in [3.05, 3.63) is 66.0 Å². The molecule has 2 heterocycles. The third-order valence-corrected chi connectivity index (χ3v) is 4.98. The number of rotatable bonds is 4. The van der Waals surface area contributed by atoms with Crippen molar-refractivity contribution in [3.8, 4) is 0 Å². The lowest BCUT2D eigenvalue weighted by Crippen LogP contribution is -2.39. The lowest BCUT2D eigenvalue weighted by Gasteiger charge is -2.29. The Kier molecular flexibility index (Phi) is 4.44. The number of para-hydroxylation sites is 1. The molecule has 2 fully saturated rings. The predicted octanol–water partition coefficient (Wildman–Crippen LogP) is 3.33. The van der Waals surface area contributed by atoms with Gasteiger partial charge in [0.25, 0.3) is 5.91 Å². The van der Waals surface area contributed by atoms with Crippen molar-refractivity contribution in [1.82, 2.24) is 4.90 Å². The predicted molar refractivity (Wildman–Crippen MR) is 98.0 cm³/mol. The Bertz CT molecular complexity index is 853. The summed E-state index contributed by atoms with van der Waals surface area (Å²) in [5, 5.41) is 1.62. The monoisotopic (exact) mass is 368 g/mol. The molecule has 2 aromatic rings. The number of nitrogens with zero attached hydrogens (tertiary/aromatic N) is 2. The molecule has 0 saturated carbocycles. The molecule has 0 aromatic heterocycles. The lowest BCUT2D eigenvalue weighted by molar-refractivity contribution is -0.143. The Balaban J connectivity index is 1.76. The van der Waals surface area contributed by atoms with E-state index in [4.69, 9.17) is 4.84 Å². The number of amides is 2. The van der Waals surface area contributed by atoms with Gasteiger partial charge in [-0.15, -0.1) is 0 Å². The molecule has 140 valence electrons. The fourth-order valence-corrected chi connectivity index (χ4v) is 3.81. The standard InChI is InChI=1S/C21H21FN2O3/c1-13(2)12-23-20(25)17-18(14-8-10-15(22)11-9-14)24(27-19(17)21(23)26)16-6-4-3-5-7-16/h3-11,13,17-19H,12H2,1-2H3/t17-,18+,19-/m0/s1. The minimum absolute atomic E-state index is 0.172. The highest BCUT2D eigenvalue weighted by Crippen LogP contribution is 2.46. The van der Waals surface area contributed by atoms with E-state index in [0.29, 0.717) is 6.54 Å². The maximum Gasteiger partial charge on any atom is 0.262 e. The largest absolute Gasteiger partial charge is 0.280 e. The van der Waals surface area contributed by atoms with Crippen LogP contribution in [-0.2, 0) is 14.4 Å². The highest BCUT2D eigenvalue weighted by Gasteiger charge is 2.59. The summed E-state index contributed by atoms with van der Waals surface area (Å²) in [4.78, 5) is 33.2. The van der Waals surface area contributed by atoms with Crippen LogP contribution in [0.1, 0.15) is 25.5 Å². The van der Waals surface area contributed by atoms with Gasteiger partial charge in [-0.2, -0.15) is 0 Å². The number of likely N-dealkylation sites (tertiary alicyclic amines) is 1. The van der Waals surface area contributed by atoms with Gasteiger partial charge in [0.05, 0.1) is 11.7 Å². The minimum atomic E-state index is -0.855. The summed E-state index contributed by atoms with van der Waals surface area (Å²) in [6, 6.07) is 14.8. The van der Waals surface area contributed by atoms with E-state index < -0.39 is 18.1 Å². The van der Waals surface area contributed by atoms with E-state index in [-0.39, 0.29) is 23.5 Å². The third-order valence-electron chi connectivity index (χ3n) is 4.98. The van der Waals surface area contributed by atoms with Crippen LogP contribution in [0.25, 0.3) is 0 Å². The molecular formula is C21H21FN2O3. The molecule has 0 radical (unpaired) electrons. The van der Waals surface area contributed by atoms with Crippen LogP contribution in [0.2, 0.25) is 0 Å². The molecule has 0 unspecified atom stereocenters. The topological polar surface area (TPSA) is 49.9 Å². The van der Waals surface area contributed by atoms with E-state index in [0.717, 1.165) is 11.3 Å². The summed E-state index contributed by atoms with van der Waals surface area (Å²) in [7, 11) is 0. The number of carbonyl (C=O) groups excluding carboxylic acids is 2. The zero-order valence-corrected chi connectivity index (χ0v) is 15.2. The molecule has 0 aliphatic carbocycles. The molecule has 0 N–H and O–H groups in total. The van der Waals surface area contributed by atoms with Crippen LogP contribution >= 0.6 is 0 Å². The molecule has 0 spiro atoms. The fourth-order valence-electron chi connectivity index (χ4n) is 3.81. The summed E-state index contributed by atoms with van der Waals surface area (Å²) < 4.78 is 13.4. The van der Waals surface area contributed by atoms with E-state index >= 15 is 0 Å². The average molecular weight is 368 g/mol. The minimum Gasteiger partial charge on any atom is -0.280 e. The number of hydroxylamine groups is 1. The van der Waals surface area contributed by atoms with Crippen LogP contribution in [0.15, 0.2) is 54.6 Å². The van der Waals surface area contributed by atoms with Crippen molar-refractivity contribution in [2.24, 2.45) is 11.8 Å². The molecule has 5 nitrogen and oxygen atoms in total. The quantitative estimate of drug-likeness (QED) is 0.777. The van der Waals surface area contributed by atoms with E-state index in [1.54, 1.807) is 17.2 Å². The molecule has 2 aliphatic heterocycles. The Morgan fingerprint density at radius 3 is 2.30 bits per heavy atom. The fraction of sp³-hybridized carbons (Fsp3) is 0.333. The van der Waals surface area contributed by atoms with E-state index in [1.165, 1.54) is 17.0 Å². The first-order valence-electron chi connectivity index (χ1n) is 9.09. The van der Waals surface area contributed by atoms with Crippen molar-refractivity contribution in [2.45, 2.75) is 26.0 Å². The molecule has 2 saturated heterocycles. The first-order chi connectivity index (χ1) is 13.0. The van der Waals surface area contributed by atoms with E-state index in [1.807, 2.05) is 44.2 Å². The van der Waals surface area contributed by atoms with Crippen LogP contribution in [0.3, 0.4) is 0 Å². The molecule has 2 aliphatic rings. The summed E-state index contributed by atoms with van der Waals surface area (Å²) in [5.41, 5.74) is 1.48. The van der Waals surface area contributed by atoms with Gasteiger partial charge >= 0.3 is 0 Å². The SMILES string of the molecule is CC(C)CN1C(=O)[C@@H]2[C@H](ON(c3ccccc3)[C@@H]2c2ccc(F)cc2)C1=O. The number of anilines is 1. The number of hydrogen-bond acceptors (Lipinski definition) is 4. The molecule has 2 amide bonds. The maximum atomic E-state index is 13.4. The first-order valence-corrected chi connectivity index (χ1v) is 9.09. The second kappa shape index (κ2) is 6.78. The maximum absolute atomic E-state index is 13.4.